The van der Waals surface area contributed by atoms with E-state index >= 15 is 0 Å². The van der Waals surface area contributed by atoms with Crippen LogP contribution in [0.5, 0.6) is 0 Å². The molecule has 2 aliphatic heterocycles. The molecule has 3 heterocycles. The molecule has 8 nitrogen and oxygen atoms in total. The zero-order valence-electron chi connectivity index (χ0n) is 16.2. The van der Waals surface area contributed by atoms with Crippen LogP contribution < -0.4 is 10.6 Å². The number of carboxylic acid groups (broad SMARTS) is 1. The van der Waals surface area contributed by atoms with Crippen molar-refractivity contribution in [3.63, 3.8) is 0 Å². The minimum absolute atomic E-state index is 0.0522. The van der Waals surface area contributed by atoms with E-state index in [-0.39, 0.29) is 24.3 Å². The summed E-state index contributed by atoms with van der Waals surface area (Å²) in [7, 11) is 0. The van der Waals surface area contributed by atoms with Gasteiger partial charge >= 0.3 is 5.97 Å². The Morgan fingerprint density at radius 3 is 2.79 bits per heavy atom. The molecule has 2 fully saturated rings. The predicted molar refractivity (Wildman–Crippen MR) is 107 cm³/mol. The first-order valence-corrected chi connectivity index (χ1v) is 10.2. The summed E-state index contributed by atoms with van der Waals surface area (Å²) in [5.41, 5.74) is 1.76. The number of aliphatic carboxylic acids is 1. The maximum Gasteiger partial charge on any atom is 0.326 e. The summed E-state index contributed by atoms with van der Waals surface area (Å²) >= 11 is 0. The number of likely N-dealkylation sites (tertiary alicyclic amines) is 1. The van der Waals surface area contributed by atoms with Gasteiger partial charge in [-0.25, -0.2) is 4.79 Å². The number of nitrogens with zero attached hydrogens (tertiary/aromatic N) is 1. The number of hydrogen-bond donors (Lipinski definition) is 4. The van der Waals surface area contributed by atoms with Gasteiger partial charge in [0.25, 0.3) is 0 Å². The van der Waals surface area contributed by atoms with Crippen LogP contribution in [0.1, 0.15) is 31.2 Å². The first-order chi connectivity index (χ1) is 14.0. The third kappa shape index (κ3) is 3.98. The van der Waals surface area contributed by atoms with Gasteiger partial charge in [0, 0.05) is 30.1 Å². The van der Waals surface area contributed by atoms with E-state index in [1.54, 1.807) is 11.1 Å². The maximum absolute atomic E-state index is 12.9. The number of carboxylic acids is 1. The Morgan fingerprint density at radius 2 is 2.03 bits per heavy atom. The van der Waals surface area contributed by atoms with Crippen LogP contribution in [0.4, 0.5) is 0 Å². The van der Waals surface area contributed by atoms with Gasteiger partial charge < -0.3 is 25.6 Å². The fourth-order valence-electron chi connectivity index (χ4n) is 4.39. The van der Waals surface area contributed by atoms with Crippen LogP contribution in [0.25, 0.3) is 10.9 Å². The van der Waals surface area contributed by atoms with Gasteiger partial charge in [-0.2, -0.15) is 0 Å². The Balaban J connectivity index is 1.45. The third-order valence-corrected chi connectivity index (χ3v) is 5.91. The number of fused-ring (bicyclic) bond motifs is 1. The summed E-state index contributed by atoms with van der Waals surface area (Å²) in [5.74, 6) is -1.53. The van der Waals surface area contributed by atoms with Crippen molar-refractivity contribution in [1.29, 1.82) is 0 Å². The highest BCUT2D eigenvalue weighted by Crippen LogP contribution is 2.22. The zero-order chi connectivity index (χ0) is 20.4. The molecular formula is C21H26N4O4. The summed E-state index contributed by atoms with van der Waals surface area (Å²) < 4.78 is 0. The molecule has 4 N–H and O–H groups in total. The topological polar surface area (TPSA) is 115 Å². The molecule has 0 spiro atoms. The van der Waals surface area contributed by atoms with Crippen LogP contribution in [0, 0.1) is 0 Å². The van der Waals surface area contributed by atoms with Crippen molar-refractivity contribution in [2.24, 2.45) is 0 Å². The number of aromatic nitrogens is 1. The number of nitrogens with one attached hydrogen (secondary N) is 3. The molecule has 0 aliphatic carbocycles. The lowest BCUT2D eigenvalue weighted by Gasteiger charge is -2.27. The Morgan fingerprint density at radius 1 is 1.21 bits per heavy atom. The van der Waals surface area contributed by atoms with Crippen LogP contribution >= 0.6 is 0 Å². The molecule has 4 rings (SSSR count). The maximum atomic E-state index is 12.9. The molecule has 2 aliphatic rings. The molecule has 8 heteroatoms. The molecule has 2 saturated heterocycles. The molecule has 1 aromatic heterocycles. The lowest BCUT2D eigenvalue weighted by Crippen LogP contribution is -2.54. The van der Waals surface area contributed by atoms with E-state index in [0.29, 0.717) is 13.0 Å². The van der Waals surface area contributed by atoms with Gasteiger partial charge in [0.05, 0.1) is 6.04 Å². The second-order valence-electron chi connectivity index (χ2n) is 7.80. The highest BCUT2D eigenvalue weighted by molar-refractivity contribution is 5.93. The molecule has 29 heavy (non-hydrogen) atoms. The van der Waals surface area contributed by atoms with Crippen LogP contribution in [0.3, 0.4) is 0 Å². The first-order valence-electron chi connectivity index (χ1n) is 10.2. The number of H-pyrrole nitrogens is 1. The molecule has 3 atom stereocenters. The quantitative estimate of drug-likeness (QED) is 0.580. The summed E-state index contributed by atoms with van der Waals surface area (Å²) in [4.78, 5) is 42.2. The Hall–Kier alpha value is -2.87. The van der Waals surface area contributed by atoms with Crippen molar-refractivity contribution in [3.05, 3.63) is 36.0 Å². The number of hydrogen-bond acceptors (Lipinski definition) is 4. The number of aromatic amines is 1. The van der Waals surface area contributed by atoms with E-state index in [4.69, 9.17) is 0 Å². The van der Waals surface area contributed by atoms with Crippen molar-refractivity contribution in [3.8, 4) is 0 Å². The number of benzene rings is 1. The van der Waals surface area contributed by atoms with E-state index in [1.165, 1.54) is 0 Å². The lowest BCUT2D eigenvalue weighted by molar-refractivity contribution is -0.144. The smallest absolute Gasteiger partial charge is 0.326 e. The van der Waals surface area contributed by atoms with Crippen LogP contribution in [0.15, 0.2) is 30.5 Å². The average molecular weight is 398 g/mol. The second kappa shape index (κ2) is 8.24. The summed E-state index contributed by atoms with van der Waals surface area (Å²) in [5, 5.41) is 16.5. The van der Waals surface area contributed by atoms with Crippen LogP contribution in [0.2, 0.25) is 0 Å². The monoisotopic (exact) mass is 398 g/mol. The molecule has 0 saturated carbocycles. The van der Waals surface area contributed by atoms with E-state index in [2.05, 4.69) is 15.6 Å². The van der Waals surface area contributed by atoms with Gasteiger partial charge in [0.1, 0.15) is 12.1 Å². The lowest BCUT2D eigenvalue weighted by atomic mass is 10.0. The highest BCUT2D eigenvalue weighted by atomic mass is 16.4. The summed E-state index contributed by atoms with van der Waals surface area (Å²) in [6, 6.07) is 5.76. The van der Waals surface area contributed by atoms with E-state index in [9.17, 15) is 19.5 Å². The van der Waals surface area contributed by atoms with Gasteiger partial charge in [0.15, 0.2) is 0 Å². The summed E-state index contributed by atoms with van der Waals surface area (Å²) in [6.07, 6.45) is 5.00. The molecule has 154 valence electrons. The fraction of sp³-hybridized carbons (Fsp3) is 0.476. The van der Waals surface area contributed by atoms with Crippen molar-refractivity contribution >= 4 is 28.7 Å². The predicted octanol–water partition coefficient (Wildman–Crippen LogP) is 1.02. The zero-order valence-corrected chi connectivity index (χ0v) is 16.2. The molecule has 0 bridgehead atoms. The van der Waals surface area contributed by atoms with Gasteiger partial charge in [-0.15, -0.1) is 0 Å². The minimum atomic E-state index is -1.09. The van der Waals surface area contributed by atoms with Gasteiger partial charge in [-0.1, -0.05) is 18.2 Å². The molecule has 2 amide bonds. The highest BCUT2D eigenvalue weighted by Gasteiger charge is 2.39. The number of carbonyl (C=O) groups is 3. The number of amides is 2. The van der Waals surface area contributed by atoms with Gasteiger partial charge in [-0.05, 0) is 43.9 Å². The normalized spacial score (nSPS) is 22.7. The van der Waals surface area contributed by atoms with E-state index in [0.717, 1.165) is 42.3 Å². The molecule has 1 aromatic carbocycles. The van der Waals surface area contributed by atoms with Crippen LogP contribution in [-0.4, -0.2) is 64.0 Å². The second-order valence-corrected chi connectivity index (χ2v) is 7.80. The first kappa shape index (κ1) is 19.4. The Labute approximate surface area is 168 Å². The average Bonchev–Trinajstić information content (AvgIpc) is 3.47. The summed E-state index contributed by atoms with van der Waals surface area (Å²) in [6.45, 7) is 1.35. The largest absolute Gasteiger partial charge is 0.480 e. The minimum Gasteiger partial charge on any atom is -0.480 e. The molecule has 0 radical (unpaired) electrons. The molecule has 2 aromatic rings. The van der Waals surface area contributed by atoms with Crippen LogP contribution in [-0.2, 0) is 20.8 Å². The van der Waals surface area contributed by atoms with Crippen molar-refractivity contribution < 1.29 is 19.5 Å². The van der Waals surface area contributed by atoms with E-state index in [1.807, 2.05) is 24.3 Å². The van der Waals surface area contributed by atoms with Crippen molar-refractivity contribution in [2.75, 3.05) is 13.1 Å². The number of rotatable bonds is 6. The van der Waals surface area contributed by atoms with Gasteiger partial charge in [-0.3, -0.25) is 9.59 Å². The third-order valence-electron chi connectivity index (χ3n) is 5.91. The van der Waals surface area contributed by atoms with Crippen molar-refractivity contribution in [1.82, 2.24) is 20.5 Å². The molecule has 0 unspecified atom stereocenters. The number of para-hydroxylation sites is 1. The number of carbonyl (C=O) groups excluding carboxylic acids is 2. The standard InChI is InChI=1S/C21H26N4O4/c26-19(18-8-4-10-25(18)20(27)16-7-3-9-22-16)24-17(21(28)29)11-13-12-23-15-6-2-1-5-14(13)15/h1-2,5-6,12,16-18,22-23H,3-4,7-11H2,(H,24,26)(H,28,29)/t16-,17-,18-/m0/s1. The van der Waals surface area contributed by atoms with E-state index < -0.39 is 18.1 Å². The SMILES string of the molecule is O=C(O)[C@H](Cc1c[nH]c2ccccc12)NC(=O)[C@@H]1CCCN1C(=O)[C@@H]1CCCN1. The van der Waals surface area contributed by atoms with Gasteiger partial charge in [0.2, 0.25) is 11.8 Å². The fourth-order valence-corrected chi connectivity index (χ4v) is 4.39. The molecular weight excluding hydrogens is 372 g/mol. The Kier molecular flexibility index (Phi) is 5.53. The van der Waals surface area contributed by atoms with Crippen molar-refractivity contribution in [2.45, 2.75) is 50.2 Å². The Bertz CT molecular complexity index is 918.